The third kappa shape index (κ3) is 1.92. The molecule has 1 fully saturated rings. The number of piperazine rings is 1. The Morgan fingerprint density at radius 1 is 1.60 bits per heavy atom. The van der Waals surface area contributed by atoms with Gasteiger partial charge in [-0.05, 0) is 19.1 Å². The standard InChI is InChI=1S/C10H14N4O/c1-7-10(15)14(5-4-12-7)8-2-3-9(11)13-6-8/h2-3,6-7,12H,4-5H2,1H3,(H2,11,13)/t7-/m0/s1. The Hall–Kier alpha value is -1.62. The van der Waals surface area contributed by atoms with Crippen LogP contribution in [0.4, 0.5) is 11.5 Å². The predicted molar refractivity (Wildman–Crippen MR) is 58.5 cm³/mol. The lowest BCUT2D eigenvalue weighted by molar-refractivity contribution is -0.121. The van der Waals surface area contributed by atoms with Gasteiger partial charge in [0.2, 0.25) is 5.91 Å². The van der Waals surface area contributed by atoms with Crippen LogP contribution in [-0.4, -0.2) is 30.0 Å². The molecule has 1 saturated heterocycles. The van der Waals surface area contributed by atoms with Crippen LogP contribution in [0.15, 0.2) is 18.3 Å². The van der Waals surface area contributed by atoms with E-state index in [-0.39, 0.29) is 11.9 Å². The molecule has 80 valence electrons. The van der Waals surface area contributed by atoms with E-state index in [1.54, 1.807) is 17.2 Å². The minimum Gasteiger partial charge on any atom is -0.384 e. The van der Waals surface area contributed by atoms with Gasteiger partial charge in [0.05, 0.1) is 17.9 Å². The van der Waals surface area contributed by atoms with Crippen LogP contribution in [0.5, 0.6) is 0 Å². The van der Waals surface area contributed by atoms with Crippen LogP contribution in [0.3, 0.4) is 0 Å². The number of carbonyl (C=O) groups excluding carboxylic acids is 1. The molecule has 0 aliphatic carbocycles. The number of nitrogens with zero attached hydrogens (tertiary/aromatic N) is 2. The van der Waals surface area contributed by atoms with Crippen LogP contribution in [0, 0.1) is 0 Å². The number of hydrogen-bond acceptors (Lipinski definition) is 4. The zero-order valence-corrected chi connectivity index (χ0v) is 8.60. The lowest BCUT2D eigenvalue weighted by atomic mass is 10.2. The molecule has 0 unspecified atom stereocenters. The van der Waals surface area contributed by atoms with Gasteiger partial charge in [-0.15, -0.1) is 0 Å². The highest BCUT2D eigenvalue weighted by atomic mass is 16.2. The maximum Gasteiger partial charge on any atom is 0.243 e. The molecule has 0 radical (unpaired) electrons. The van der Waals surface area contributed by atoms with Gasteiger partial charge in [-0.1, -0.05) is 0 Å². The van der Waals surface area contributed by atoms with Gasteiger partial charge in [-0.2, -0.15) is 0 Å². The van der Waals surface area contributed by atoms with Crippen LogP contribution in [0.25, 0.3) is 0 Å². The van der Waals surface area contributed by atoms with E-state index in [2.05, 4.69) is 10.3 Å². The molecule has 2 heterocycles. The monoisotopic (exact) mass is 206 g/mol. The minimum absolute atomic E-state index is 0.0767. The Bertz CT molecular complexity index is 362. The van der Waals surface area contributed by atoms with Crippen LogP contribution < -0.4 is 16.0 Å². The third-order valence-corrected chi connectivity index (χ3v) is 2.50. The van der Waals surface area contributed by atoms with Crippen LogP contribution in [-0.2, 0) is 4.79 Å². The highest BCUT2D eigenvalue weighted by molar-refractivity contribution is 5.97. The Morgan fingerprint density at radius 2 is 2.40 bits per heavy atom. The average Bonchev–Trinajstić information content (AvgIpc) is 2.24. The van der Waals surface area contributed by atoms with Crippen LogP contribution in [0.1, 0.15) is 6.92 Å². The smallest absolute Gasteiger partial charge is 0.243 e. The van der Waals surface area contributed by atoms with Crippen LogP contribution in [0.2, 0.25) is 0 Å². The molecule has 0 saturated carbocycles. The van der Waals surface area contributed by atoms with E-state index in [1.807, 2.05) is 13.0 Å². The molecule has 1 aromatic heterocycles. The van der Waals surface area contributed by atoms with E-state index in [1.165, 1.54) is 0 Å². The number of nitrogens with two attached hydrogens (primary N) is 1. The number of pyridine rings is 1. The number of carbonyl (C=O) groups is 1. The van der Waals surface area contributed by atoms with Crippen molar-refractivity contribution in [2.75, 3.05) is 23.7 Å². The van der Waals surface area contributed by atoms with Gasteiger partial charge in [0, 0.05) is 13.1 Å². The van der Waals surface area contributed by atoms with Crippen molar-refractivity contribution < 1.29 is 4.79 Å². The lowest BCUT2D eigenvalue weighted by Crippen LogP contribution is -2.53. The normalized spacial score (nSPS) is 21.8. The summed E-state index contributed by atoms with van der Waals surface area (Å²) in [5.41, 5.74) is 6.30. The Kier molecular flexibility index (Phi) is 2.55. The van der Waals surface area contributed by atoms with Crippen molar-refractivity contribution in [3.63, 3.8) is 0 Å². The molecule has 2 rings (SSSR count). The fourth-order valence-electron chi connectivity index (χ4n) is 1.64. The van der Waals surface area contributed by atoms with Crippen molar-refractivity contribution in [2.45, 2.75) is 13.0 Å². The number of nitrogen functional groups attached to an aromatic ring is 1. The largest absolute Gasteiger partial charge is 0.384 e. The van der Waals surface area contributed by atoms with E-state index in [9.17, 15) is 4.79 Å². The predicted octanol–water partition coefficient (Wildman–Crippen LogP) is -0.0115. The Balaban J connectivity index is 2.22. The van der Waals surface area contributed by atoms with Crippen molar-refractivity contribution in [1.29, 1.82) is 0 Å². The molecule has 5 nitrogen and oxygen atoms in total. The second-order valence-electron chi connectivity index (χ2n) is 3.61. The van der Waals surface area contributed by atoms with Gasteiger partial charge in [-0.3, -0.25) is 4.79 Å². The lowest BCUT2D eigenvalue weighted by Gasteiger charge is -2.31. The fourth-order valence-corrected chi connectivity index (χ4v) is 1.64. The van der Waals surface area contributed by atoms with Crippen molar-refractivity contribution >= 4 is 17.4 Å². The van der Waals surface area contributed by atoms with Gasteiger partial charge >= 0.3 is 0 Å². The molecule has 1 amide bonds. The first-order valence-corrected chi connectivity index (χ1v) is 4.95. The van der Waals surface area contributed by atoms with E-state index < -0.39 is 0 Å². The maximum atomic E-state index is 11.8. The Morgan fingerprint density at radius 3 is 3.07 bits per heavy atom. The molecule has 15 heavy (non-hydrogen) atoms. The van der Waals surface area contributed by atoms with Gasteiger partial charge < -0.3 is 16.0 Å². The van der Waals surface area contributed by atoms with Crippen molar-refractivity contribution in [3.8, 4) is 0 Å². The molecule has 1 atom stereocenters. The van der Waals surface area contributed by atoms with Crippen molar-refractivity contribution in [3.05, 3.63) is 18.3 Å². The summed E-state index contributed by atoms with van der Waals surface area (Å²) in [5.74, 6) is 0.544. The molecular weight excluding hydrogens is 192 g/mol. The zero-order valence-electron chi connectivity index (χ0n) is 8.60. The molecule has 1 aliphatic heterocycles. The Labute approximate surface area is 88.3 Å². The summed E-state index contributed by atoms with van der Waals surface area (Å²) >= 11 is 0. The quantitative estimate of drug-likeness (QED) is 0.678. The number of aromatic nitrogens is 1. The fraction of sp³-hybridized carbons (Fsp3) is 0.400. The van der Waals surface area contributed by atoms with E-state index in [0.717, 1.165) is 12.2 Å². The molecule has 0 bridgehead atoms. The SMILES string of the molecule is C[C@@H]1NCCN(c2ccc(N)nc2)C1=O. The molecular formula is C10H14N4O. The first kappa shape index (κ1) is 9.92. The average molecular weight is 206 g/mol. The molecule has 1 aliphatic rings. The number of nitrogens with one attached hydrogen (secondary N) is 1. The van der Waals surface area contributed by atoms with E-state index >= 15 is 0 Å². The summed E-state index contributed by atoms with van der Waals surface area (Å²) in [5, 5.41) is 3.11. The maximum absolute atomic E-state index is 11.8. The number of rotatable bonds is 1. The van der Waals surface area contributed by atoms with Gasteiger partial charge in [0.1, 0.15) is 5.82 Å². The van der Waals surface area contributed by atoms with Crippen molar-refractivity contribution in [1.82, 2.24) is 10.3 Å². The summed E-state index contributed by atoms with van der Waals surface area (Å²) in [6.45, 7) is 3.34. The summed E-state index contributed by atoms with van der Waals surface area (Å²) in [6.07, 6.45) is 1.63. The first-order valence-electron chi connectivity index (χ1n) is 4.95. The minimum atomic E-state index is -0.128. The van der Waals surface area contributed by atoms with E-state index in [4.69, 9.17) is 5.73 Å². The van der Waals surface area contributed by atoms with Gasteiger partial charge in [0.25, 0.3) is 0 Å². The summed E-state index contributed by atoms with van der Waals surface area (Å²) in [4.78, 5) is 17.5. The topological polar surface area (TPSA) is 71.2 Å². The molecule has 3 N–H and O–H groups in total. The zero-order chi connectivity index (χ0) is 10.8. The summed E-state index contributed by atoms with van der Waals surface area (Å²) in [6, 6.07) is 3.39. The van der Waals surface area contributed by atoms with Gasteiger partial charge in [-0.25, -0.2) is 4.98 Å². The van der Waals surface area contributed by atoms with E-state index in [0.29, 0.717) is 12.4 Å². The molecule has 5 heteroatoms. The number of hydrogen-bond donors (Lipinski definition) is 2. The number of anilines is 2. The summed E-state index contributed by atoms with van der Waals surface area (Å²) in [7, 11) is 0. The number of amides is 1. The first-order chi connectivity index (χ1) is 7.18. The second-order valence-corrected chi connectivity index (χ2v) is 3.61. The molecule has 0 aromatic carbocycles. The van der Waals surface area contributed by atoms with Crippen LogP contribution >= 0.6 is 0 Å². The van der Waals surface area contributed by atoms with Gasteiger partial charge in [0.15, 0.2) is 0 Å². The molecule has 1 aromatic rings. The second kappa shape index (κ2) is 3.86. The molecule has 0 spiro atoms. The third-order valence-electron chi connectivity index (χ3n) is 2.50. The summed E-state index contributed by atoms with van der Waals surface area (Å²) < 4.78 is 0. The highest BCUT2D eigenvalue weighted by Gasteiger charge is 2.25. The van der Waals surface area contributed by atoms with Crippen molar-refractivity contribution in [2.24, 2.45) is 0 Å². The highest BCUT2D eigenvalue weighted by Crippen LogP contribution is 2.16.